The second kappa shape index (κ2) is 7.79. The number of aromatic nitrogens is 1. The fourth-order valence-corrected chi connectivity index (χ4v) is 3.99. The largest absolute Gasteiger partial charge is 0.492 e. The first-order valence-corrected chi connectivity index (χ1v) is 10.7. The lowest BCUT2D eigenvalue weighted by atomic mass is 9.81. The summed E-state index contributed by atoms with van der Waals surface area (Å²) >= 11 is 0. The summed E-state index contributed by atoms with van der Waals surface area (Å²) in [6.45, 7) is 4.06. The normalized spacial score (nSPS) is 17.9. The molecule has 8 nitrogen and oxygen atoms in total. The van der Waals surface area contributed by atoms with Crippen LogP contribution in [0.3, 0.4) is 0 Å². The van der Waals surface area contributed by atoms with Crippen LogP contribution in [-0.4, -0.2) is 24.2 Å². The zero-order chi connectivity index (χ0) is 23.9. The SMILES string of the molecule is CC(C)(C#N)COc1ccc2c(c1)[C@@]1(COC(N)=N1)c1cc(-c3ccc(C#N)cc3)cnc1O2. The Bertz CT molecular complexity index is 1400. The van der Waals surface area contributed by atoms with E-state index in [9.17, 15) is 5.26 Å². The van der Waals surface area contributed by atoms with Crippen molar-refractivity contribution in [2.45, 2.75) is 19.4 Å². The van der Waals surface area contributed by atoms with Gasteiger partial charge in [-0.25, -0.2) is 9.98 Å². The van der Waals surface area contributed by atoms with Gasteiger partial charge in [0.1, 0.15) is 24.7 Å². The third-order valence-corrected chi connectivity index (χ3v) is 5.88. The Balaban J connectivity index is 1.59. The highest BCUT2D eigenvalue weighted by molar-refractivity contribution is 5.77. The molecule has 0 saturated heterocycles. The van der Waals surface area contributed by atoms with E-state index in [0.717, 1.165) is 22.3 Å². The Morgan fingerprint density at radius 2 is 1.88 bits per heavy atom. The van der Waals surface area contributed by atoms with Crippen LogP contribution in [-0.2, 0) is 10.3 Å². The number of hydrogen-bond acceptors (Lipinski definition) is 8. The third kappa shape index (κ3) is 3.56. The number of pyridine rings is 1. The van der Waals surface area contributed by atoms with Crippen LogP contribution in [0.15, 0.2) is 59.7 Å². The number of amidine groups is 1. The van der Waals surface area contributed by atoms with Crippen molar-refractivity contribution in [1.29, 1.82) is 10.5 Å². The average molecular weight is 451 g/mol. The van der Waals surface area contributed by atoms with Crippen LogP contribution in [0.1, 0.15) is 30.5 Å². The molecule has 0 fully saturated rings. The summed E-state index contributed by atoms with van der Waals surface area (Å²) in [6, 6.07) is 19.1. The minimum Gasteiger partial charge on any atom is -0.492 e. The number of benzene rings is 2. The molecule has 2 aromatic carbocycles. The van der Waals surface area contributed by atoms with Crippen LogP contribution in [0.2, 0.25) is 0 Å². The molecule has 0 radical (unpaired) electrons. The molecular formula is C26H21N5O3. The molecule has 2 N–H and O–H groups in total. The Morgan fingerprint density at radius 1 is 1.09 bits per heavy atom. The summed E-state index contributed by atoms with van der Waals surface area (Å²) < 4.78 is 17.7. The molecule has 5 rings (SSSR count). The topological polar surface area (TPSA) is 127 Å². The quantitative estimate of drug-likeness (QED) is 0.628. The number of nitrogens with two attached hydrogens (primary N) is 1. The van der Waals surface area contributed by atoms with Gasteiger partial charge in [0.25, 0.3) is 6.02 Å². The Kier molecular flexibility index (Phi) is 4.88. The van der Waals surface area contributed by atoms with Crippen LogP contribution in [0.5, 0.6) is 17.4 Å². The first kappa shape index (κ1) is 21.3. The highest BCUT2D eigenvalue weighted by Crippen LogP contribution is 2.51. The molecule has 3 aromatic rings. The number of nitriles is 2. The van der Waals surface area contributed by atoms with Gasteiger partial charge in [0.15, 0.2) is 5.54 Å². The lowest BCUT2D eigenvalue weighted by Gasteiger charge is -2.33. The summed E-state index contributed by atoms with van der Waals surface area (Å²) in [4.78, 5) is 9.25. The van der Waals surface area contributed by atoms with Gasteiger partial charge in [0.05, 0.1) is 28.7 Å². The van der Waals surface area contributed by atoms with Crippen molar-refractivity contribution in [3.8, 4) is 40.6 Å². The van der Waals surface area contributed by atoms with Gasteiger partial charge < -0.3 is 19.9 Å². The summed E-state index contributed by atoms with van der Waals surface area (Å²) in [6.07, 6.45) is 1.73. The van der Waals surface area contributed by atoms with E-state index in [2.05, 4.69) is 17.1 Å². The van der Waals surface area contributed by atoms with E-state index in [4.69, 9.17) is 30.2 Å². The zero-order valence-corrected chi connectivity index (χ0v) is 18.7. The molecule has 168 valence electrons. The van der Waals surface area contributed by atoms with Crippen LogP contribution >= 0.6 is 0 Å². The number of nitrogens with zero attached hydrogens (tertiary/aromatic N) is 4. The molecule has 2 aliphatic rings. The molecule has 0 unspecified atom stereocenters. The summed E-state index contributed by atoms with van der Waals surface area (Å²) in [5.41, 5.74) is 8.19. The van der Waals surface area contributed by atoms with E-state index in [1.54, 1.807) is 30.5 Å². The second-order valence-electron chi connectivity index (χ2n) is 8.91. The van der Waals surface area contributed by atoms with Crippen LogP contribution in [0.25, 0.3) is 11.1 Å². The van der Waals surface area contributed by atoms with Crippen molar-refractivity contribution in [2.75, 3.05) is 13.2 Å². The lowest BCUT2D eigenvalue weighted by molar-refractivity contribution is 0.225. The van der Waals surface area contributed by atoms with Gasteiger partial charge in [-0.2, -0.15) is 10.5 Å². The molecule has 3 heterocycles. The highest BCUT2D eigenvalue weighted by atomic mass is 16.5. The van der Waals surface area contributed by atoms with E-state index in [0.29, 0.717) is 22.9 Å². The molecule has 34 heavy (non-hydrogen) atoms. The van der Waals surface area contributed by atoms with Crippen LogP contribution < -0.4 is 15.2 Å². The maximum absolute atomic E-state index is 9.30. The van der Waals surface area contributed by atoms with Crippen LogP contribution in [0.4, 0.5) is 0 Å². The maximum Gasteiger partial charge on any atom is 0.283 e. The van der Waals surface area contributed by atoms with Gasteiger partial charge in [-0.15, -0.1) is 0 Å². The maximum atomic E-state index is 9.30. The first-order chi connectivity index (χ1) is 16.3. The van der Waals surface area contributed by atoms with Gasteiger partial charge in [-0.1, -0.05) is 12.1 Å². The Hall–Kier alpha value is -4.56. The number of ether oxygens (including phenoxy) is 3. The van der Waals surface area contributed by atoms with E-state index in [1.807, 2.05) is 38.1 Å². The van der Waals surface area contributed by atoms with Crippen molar-refractivity contribution < 1.29 is 14.2 Å². The molecule has 8 heteroatoms. The van der Waals surface area contributed by atoms with Crippen molar-refractivity contribution in [3.05, 3.63) is 71.4 Å². The molecule has 1 aromatic heterocycles. The number of fused-ring (bicyclic) bond motifs is 4. The van der Waals surface area contributed by atoms with E-state index >= 15 is 0 Å². The predicted molar refractivity (Wildman–Crippen MR) is 124 cm³/mol. The van der Waals surface area contributed by atoms with Crippen LogP contribution in [0, 0.1) is 28.1 Å². The molecule has 0 aliphatic carbocycles. The van der Waals surface area contributed by atoms with Crippen molar-refractivity contribution in [2.24, 2.45) is 16.1 Å². The predicted octanol–water partition coefficient (Wildman–Crippen LogP) is 4.24. The van der Waals surface area contributed by atoms with Gasteiger partial charge in [0.2, 0.25) is 5.88 Å². The van der Waals surface area contributed by atoms with Gasteiger partial charge in [-0.3, -0.25) is 0 Å². The standard InChI is InChI=1S/C26H21N5O3/c1-25(2,13-28)14-32-19-7-8-22-20(10-19)26(15-33-24(29)31-26)21-9-18(12-30-23(21)34-22)17-5-3-16(11-27)4-6-17/h3-10,12H,14-15H2,1-2H3,(H2,29,31)/t26-/m0/s1. The molecule has 2 aliphatic heterocycles. The van der Waals surface area contributed by atoms with Crippen molar-refractivity contribution in [1.82, 2.24) is 4.98 Å². The average Bonchev–Trinajstić information content (AvgIpc) is 3.25. The monoisotopic (exact) mass is 451 g/mol. The highest BCUT2D eigenvalue weighted by Gasteiger charge is 2.48. The molecular weight excluding hydrogens is 430 g/mol. The zero-order valence-electron chi connectivity index (χ0n) is 18.7. The molecule has 0 amide bonds. The summed E-state index contributed by atoms with van der Waals surface area (Å²) in [5.74, 6) is 1.59. The van der Waals surface area contributed by atoms with E-state index in [-0.39, 0.29) is 19.2 Å². The minimum atomic E-state index is -0.952. The molecule has 1 spiro atoms. The van der Waals surface area contributed by atoms with Crippen molar-refractivity contribution >= 4 is 6.02 Å². The van der Waals surface area contributed by atoms with Gasteiger partial charge in [0, 0.05) is 17.3 Å². The molecule has 0 saturated carbocycles. The van der Waals surface area contributed by atoms with Gasteiger partial charge in [-0.05, 0) is 55.8 Å². The Labute approximate surface area is 196 Å². The smallest absolute Gasteiger partial charge is 0.283 e. The lowest BCUT2D eigenvalue weighted by Crippen LogP contribution is -2.31. The van der Waals surface area contributed by atoms with Crippen molar-refractivity contribution in [3.63, 3.8) is 0 Å². The minimum absolute atomic E-state index is 0.0829. The number of hydrogen-bond donors (Lipinski definition) is 1. The second-order valence-corrected chi connectivity index (χ2v) is 8.91. The van der Waals surface area contributed by atoms with Gasteiger partial charge >= 0.3 is 0 Å². The third-order valence-electron chi connectivity index (χ3n) is 5.88. The number of aliphatic imine (C=N–C) groups is 1. The van der Waals surface area contributed by atoms with E-state index in [1.165, 1.54) is 0 Å². The fourth-order valence-electron chi connectivity index (χ4n) is 3.99. The molecule has 0 bridgehead atoms. The Morgan fingerprint density at radius 3 is 2.56 bits per heavy atom. The van der Waals surface area contributed by atoms with E-state index < -0.39 is 11.0 Å². The number of rotatable bonds is 4. The fraction of sp³-hybridized carbons (Fsp3) is 0.231. The summed E-state index contributed by atoms with van der Waals surface area (Å²) in [5, 5.41) is 18.4. The summed E-state index contributed by atoms with van der Waals surface area (Å²) in [7, 11) is 0. The molecule has 1 atom stereocenters. The first-order valence-electron chi connectivity index (χ1n) is 10.7.